The monoisotopic (exact) mass is 247 g/mol. The van der Waals surface area contributed by atoms with Gasteiger partial charge in [-0.05, 0) is 24.5 Å². The lowest BCUT2D eigenvalue weighted by atomic mass is 10.2. The highest BCUT2D eigenvalue weighted by atomic mass is 16.2. The van der Waals surface area contributed by atoms with Crippen LogP contribution in [0.15, 0.2) is 24.3 Å². The van der Waals surface area contributed by atoms with Gasteiger partial charge in [-0.15, -0.1) is 0 Å². The molecular formula is C14H21N3O. The van der Waals surface area contributed by atoms with Gasteiger partial charge in [0.25, 0.3) is 0 Å². The fourth-order valence-electron chi connectivity index (χ4n) is 2.24. The maximum atomic E-state index is 11.8. The van der Waals surface area contributed by atoms with E-state index >= 15 is 0 Å². The van der Waals surface area contributed by atoms with Crippen LogP contribution in [0.2, 0.25) is 0 Å². The summed E-state index contributed by atoms with van der Waals surface area (Å²) in [7, 11) is 0. The average Bonchev–Trinajstić information content (AvgIpc) is 2.90. The summed E-state index contributed by atoms with van der Waals surface area (Å²) in [6.45, 7) is 3.30. The van der Waals surface area contributed by atoms with Crippen molar-refractivity contribution in [1.29, 1.82) is 0 Å². The standard InChI is InChI=1S/C14H21N3O/c15-13-6-2-1-5-12(13)11-16-8-7-14(18)17-9-3-4-10-17/h1-2,5-6,16H,3-4,7-11,15H2. The Labute approximate surface area is 108 Å². The first-order chi connectivity index (χ1) is 8.77. The smallest absolute Gasteiger partial charge is 0.223 e. The largest absolute Gasteiger partial charge is 0.398 e. The molecule has 0 atom stereocenters. The van der Waals surface area contributed by atoms with Crippen LogP contribution < -0.4 is 11.1 Å². The molecule has 0 aromatic heterocycles. The third-order valence-electron chi connectivity index (χ3n) is 3.34. The lowest BCUT2D eigenvalue weighted by Crippen LogP contribution is -2.30. The van der Waals surface area contributed by atoms with E-state index in [0.29, 0.717) is 13.0 Å². The van der Waals surface area contributed by atoms with Gasteiger partial charge in [-0.3, -0.25) is 4.79 Å². The van der Waals surface area contributed by atoms with Crippen LogP contribution in [0.5, 0.6) is 0 Å². The van der Waals surface area contributed by atoms with Crippen LogP contribution >= 0.6 is 0 Å². The Morgan fingerprint density at radius 1 is 1.28 bits per heavy atom. The normalized spacial score (nSPS) is 15.0. The predicted octanol–water partition coefficient (Wildman–Crippen LogP) is 1.37. The summed E-state index contributed by atoms with van der Waals surface area (Å²) in [5.41, 5.74) is 7.74. The number of rotatable bonds is 5. The van der Waals surface area contributed by atoms with Crippen molar-refractivity contribution in [3.8, 4) is 0 Å². The molecule has 1 aliphatic rings. The third kappa shape index (κ3) is 3.47. The number of amides is 1. The van der Waals surface area contributed by atoms with Crippen molar-refractivity contribution in [1.82, 2.24) is 10.2 Å². The van der Waals surface area contributed by atoms with Gasteiger partial charge in [0.05, 0.1) is 0 Å². The van der Waals surface area contributed by atoms with Crippen LogP contribution in [-0.2, 0) is 11.3 Å². The number of carbonyl (C=O) groups is 1. The molecule has 2 rings (SSSR count). The van der Waals surface area contributed by atoms with Gasteiger partial charge < -0.3 is 16.0 Å². The van der Waals surface area contributed by atoms with Gasteiger partial charge in [0.1, 0.15) is 0 Å². The van der Waals surface area contributed by atoms with E-state index in [9.17, 15) is 4.79 Å². The van der Waals surface area contributed by atoms with Crippen molar-refractivity contribution in [3.05, 3.63) is 29.8 Å². The van der Waals surface area contributed by atoms with E-state index in [4.69, 9.17) is 5.73 Å². The van der Waals surface area contributed by atoms with E-state index in [2.05, 4.69) is 5.32 Å². The molecule has 4 heteroatoms. The highest BCUT2D eigenvalue weighted by Crippen LogP contribution is 2.10. The average molecular weight is 247 g/mol. The zero-order valence-corrected chi connectivity index (χ0v) is 10.7. The van der Waals surface area contributed by atoms with Crippen molar-refractivity contribution in [2.24, 2.45) is 0 Å². The summed E-state index contributed by atoms with van der Waals surface area (Å²) in [5.74, 6) is 0.265. The van der Waals surface area contributed by atoms with Gasteiger partial charge in [-0.1, -0.05) is 18.2 Å². The molecule has 1 amide bonds. The molecule has 18 heavy (non-hydrogen) atoms. The number of nitrogens with zero attached hydrogens (tertiary/aromatic N) is 1. The second-order valence-electron chi connectivity index (χ2n) is 4.71. The number of nitrogens with two attached hydrogens (primary N) is 1. The predicted molar refractivity (Wildman–Crippen MR) is 73.0 cm³/mol. The van der Waals surface area contributed by atoms with Gasteiger partial charge in [0.2, 0.25) is 5.91 Å². The molecule has 1 fully saturated rings. The summed E-state index contributed by atoms with van der Waals surface area (Å²) in [5, 5.41) is 3.27. The summed E-state index contributed by atoms with van der Waals surface area (Å²) >= 11 is 0. The lowest BCUT2D eigenvalue weighted by Gasteiger charge is -2.15. The molecule has 1 heterocycles. The highest BCUT2D eigenvalue weighted by molar-refractivity contribution is 5.76. The maximum absolute atomic E-state index is 11.8. The van der Waals surface area contributed by atoms with Crippen molar-refractivity contribution in [2.45, 2.75) is 25.8 Å². The second-order valence-corrected chi connectivity index (χ2v) is 4.71. The molecule has 0 unspecified atom stereocenters. The molecule has 3 N–H and O–H groups in total. The Bertz CT molecular complexity index is 400. The van der Waals surface area contributed by atoms with Crippen LogP contribution in [-0.4, -0.2) is 30.4 Å². The first-order valence-electron chi connectivity index (χ1n) is 6.59. The van der Waals surface area contributed by atoms with E-state index < -0.39 is 0 Å². The number of para-hydroxylation sites is 1. The minimum absolute atomic E-state index is 0.265. The van der Waals surface area contributed by atoms with Crippen molar-refractivity contribution in [2.75, 3.05) is 25.4 Å². The van der Waals surface area contributed by atoms with Gasteiger partial charge >= 0.3 is 0 Å². The van der Waals surface area contributed by atoms with Crippen LogP contribution in [0.4, 0.5) is 5.69 Å². The quantitative estimate of drug-likeness (QED) is 0.610. The first kappa shape index (κ1) is 12.9. The Kier molecular flexibility index (Phi) is 4.59. The molecule has 1 aliphatic heterocycles. The minimum atomic E-state index is 0.265. The maximum Gasteiger partial charge on any atom is 0.223 e. The van der Waals surface area contributed by atoms with Crippen molar-refractivity contribution in [3.63, 3.8) is 0 Å². The van der Waals surface area contributed by atoms with Crippen molar-refractivity contribution >= 4 is 11.6 Å². The first-order valence-corrected chi connectivity index (χ1v) is 6.59. The molecule has 4 nitrogen and oxygen atoms in total. The Morgan fingerprint density at radius 2 is 2.00 bits per heavy atom. The Balaban J connectivity index is 1.67. The number of benzene rings is 1. The molecule has 0 spiro atoms. The molecule has 1 aromatic rings. The van der Waals surface area contributed by atoms with Crippen LogP contribution in [0, 0.1) is 0 Å². The van der Waals surface area contributed by atoms with E-state index in [1.54, 1.807) is 0 Å². The number of carbonyl (C=O) groups excluding carboxylic acids is 1. The molecule has 0 bridgehead atoms. The molecule has 98 valence electrons. The SMILES string of the molecule is Nc1ccccc1CNCCC(=O)N1CCCC1. The molecule has 0 saturated carbocycles. The Hall–Kier alpha value is -1.55. The van der Waals surface area contributed by atoms with Gasteiger partial charge in [0, 0.05) is 38.3 Å². The van der Waals surface area contributed by atoms with E-state index in [-0.39, 0.29) is 5.91 Å². The fourth-order valence-corrected chi connectivity index (χ4v) is 2.24. The van der Waals surface area contributed by atoms with Crippen molar-refractivity contribution < 1.29 is 4.79 Å². The van der Waals surface area contributed by atoms with Gasteiger partial charge in [-0.25, -0.2) is 0 Å². The number of nitrogens with one attached hydrogen (secondary N) is 1. The summed E-state index contributed by atoms with van der Waals surface area (Å²) in [6.07, 6.45) is 2.88. The summed E-state index contributed by atoms with van der Waals surface area (Å²) < 4.78 is 0. The van der Waals surface area contributed by atoms with Crippen LogP contribution in [0.3, 0.4) is 0 Å². The molecule has 0 radical (unpaired) electrons. The zero-order valence-electron chi connectivity index (χ0n) is 10.7. The number of hydrogen-bond donors (Lipinski definition) is 2. The number of anilines is 1. The number of likely N-dealkylation sites (tertiary alicyclic amines) is 1. The van der Waals surface area contributed by atoms with Crippen LogP contribution in [0.1, 0.15) is 24.8 Å². The Morgan fingerprint density at radius 3 is 2.72 bits per heavy atom. The molecule has 0 aliphatic carbocycles. The second kappa shape index (κ2) is 6.40. The third-order valence-corrected chi connectivity index (χ3v) is 3.34. The van der Waals surface area contributed by atoms with E-state index in [1.165, 1.54) is 0 Å². The fraction of sp³-hybridized carbons (Fsp3) is 0.500. The number of nitrogen functional groups attached to an aromatic ring is 1. The summed E-state index contributed by atoms with van der Waals surface area (Å²) in [6, 6.07) is 7.80. The highest BCUT2D eigenvalue weighted by Gasteiger charge is 2.16. The van der Waals surface area contributed by atoms with Gasteiger partial charge in [0.15, 0.2) is 0 Å². The zero-order chi connectivity index (χ0) is 12.8. The lowest BCUT2D eigenvalue weighted by molar-refractivity contribution is -0.130. The minimum Gasteiger partial charge on any atom is -0.398 e. The molecular weight excluding hydrogens is 226 g/mol. The molecule has 1 saturated heterocycles. The van der Waals surface area contributed by atoms with Crippen LogP contribution in [0.25, 0.3) is 0 Å². The number of hydrogen-bond acceptors (Lipinski definition) is 3. The topological polar surface area (TPSA) is 58.4 Å². The van der Waals surface area contributed by atoms with E-state index in [1.807, 2.05) is 29.2 Å². The summed E-state index contributed by atoms with van der Waals surface area (Å²) in [4.78, 5) is 13.7. The van der Waals surface area contributed by atoms with E-state index in [0.717, 1.165) is 43.7 Å². The van der Waals surface area contributed by atoms with Gasteiger partial charge in [-0.2, -0.15) is 0 Å². The molecule has 1 aromatic carbocycles.